The van der Waals surface area contributed by atoms with E-state index in [0.717, 1.165) is 55.5 Å². The Kier molecular flexibility index (Phi) is 11.0. The molecule has 1 aromatic carbocycles. The quantitative estimate of drug-likeness (QED) is 0.249. The maximum Gasteiger partial charge on any atom is 0.224 e. The smallest absolute Gasteiger partial charge is 0.224 e. The number of pyridine rings is 1. The molecule has 2 aromatic rings. The third-order valence-electron chi connectivity index (χ3n) is 5.02. The third-order valence-corrected chi connectivity index (χ3v) is 5.31. The van der Waals surface area contributed by atoms with Gasteiger partial charge in [-0.3, -0.25) is 4.79 Å². The van der Waals surface area contributed by atoms with Crippen LogP contribution in [0.4, 0.5) is 11.5 Å². The molecule has 0 radical (unpaired) electrons. The SMILES string of the molecule is CCCC(=O)Nc1cccc(CN=C(NCC)NC2CCN(c3ncccc3Cl)C2)c1.I. The first kappa shape index (κ1) is 26.2. The number of aliphatic imine (C=N–C) groups is 1. The summed E-state index contributed by atoms with van der Waals surface area (Å²) < 4.78 is 0. The molecule has 1 saturated heterocycles. The highest BCUT2D eigenvalue weighted by Crippen LogP contribution is 2.25. The van der Waals surface area contributed by atoms with Crippen molar-refractivity contribution in [3.8, 4) is 0 Å². The first-order valence-electron chi connectivity index (χ1n) is 10.9. The van der Waals surface area contributed by atoms with Gasteiger partial charge in [-0.05, 0) is 49.6 Å². The van der Waals surface area contributed by atoms with Crippen molar-refractivity contribution in [2.45, 2.75) is 45.7 Å². The normalized spacial score (nSPS) is 15.8. The molecular formula is C23H32ClIN6O. The van der Waals surface area contributed by atoms with Gasteiger partial charge in [0.25, 0.3) is 0 Å². The fourth-order valence-corrected chi connectivity index (χ4v) is 3.80. The van der Waals surface area contributed by atoms with Crippen LogP contribution in [0.2, 0.25) is 5.02 Å². The summed E-state index contributed by atoms with van der Waals surface area (Å²) in [6, 6.07) is 11.8. The lowest BCUT2D eigenvalue weighted by Gasteiger charge is -2.20. The topological polar surface area (TPSA) is 81.6 Å². The largest absolute Gasteiger partial charge is 0.357 e. The van der Waals surface area contributed by atoms with Crippen LogP contribution < -0.4 is 20.9 Å². The molecule has 0 aliphatic carbocycles. The summed E-state index contributed by atoms with van der Waals surface area (Å²) in [5, 5.41) is 10.5. The predicted octanol–water partition coefficient (Wildman–Crippen LogP) is 4.43. The maximum atomic E-state index is 11.8. The van der Waals surface area contributed by atoms with E-state index < -0.39 is 0 Å². The molecule has 2 heterocycles. The summed E-state index contributed by atoms with van der Waals surface area (Å²) in [4.78, 5) is 23.2. The highest BCUT2D eigenvalue weighted by atomic mass is 127. The van der Waals surface area contributed by atoms with Gasteiger partial charge in [-0.2, -0.15) is 0 Å². The predicted molar refractivity (Wildman–Crippen MR) is 143 cm³/mol. The number of halogens is 2. The van der Waals surface area contributed by atoms with Gasteiger partial charge in [-0.1, -0.05) is 30.7 Å². The van der Waals surface area contributed by atoms with Gasteiger partial charge < -0.3 is 20.9 Å². The van der Waals surface area contributed by atoms with E-state index >= 15 is 0 Å². The summed E-state index contributed by atoms with van der Waals surface area (Å²) in [5.74, 6) is 1.65. The van der Waals surface area contributed by atoms with Crippen molar-refractivity contribution in [2.24, 2.45) is 4.99 Å². The van der Waals surface area contributed by atoms with E-state index in [1.54, 1.807) is 6.20 Å². The van der Waals surface area contributed by atoms with Crippen LogP contribution >= 0.6 is 35.6 Å². The van der Waals surface area contributed by atoms with Crippen LogP contribution in [0.1, 0.15) is 38.7 Å². The zero-order valence-electron chi connectivity index (χ0n) is 18.6. The number of anilines is 2. The molecule has 9 heteroatoms. The molecule has 32 heavy (non-hydrogen) atoms. The highest BCUT2D eigenvalue weighted by Gasteiger charge is 2.25. The Bertz CT molecular complexity index is 910. The molecule has 0 bridgehead atoms. The Morgan fingerprint density at radius 3 is 2.88 bits per heavy atom. The minimum atomic E-state index is 0. The summed E-state index contributed by atoms with van der Waals surface area (Å²) in [6.07, 6.45) is 4.11. The second-order valence-electron chi connectivity index (χ2n) is 7.58. The average Bonchev–Trinajstić information content (AvgIpc) is 3.21. The molecule has 0 spiro atoms. The molecule has 3 N–H and O–H groups in total. The van der Waals surface area contributed by atoms with E-state index in [1.165, 1.54) is 0 Å². The molecule has 1 aliphatic rings. The zero-order chi connectivity index (χ0) is 22.1. The summed E-state index contributed by atoms with van der Waals surface area (Å²) in [6.45, 7) is 7.06. The van der Waals surface area contributed by atoms with Crippen LogP contribution in [0.25, 0.3) is 0 Å². The molecule has 1 amide bonds. The number of aromatic nitrogens is 1. The number of hydrogen-bond donors (Lipinski definition) is 3. The maximum absolute atomic E-state index is 11.8. The van der Waals surface area contributed by atoms with Gasteiger partial charge in [0.1, 0.15) is 5.82 Å². The van der Waals surface area contributed by atoms with Crippen molar-refractivity contribution < 1.29 is 4.79 Å². The minimum Gasteiger partial charge on any atom is -0.357 e. The van der Waals surface area contributed by atoms with Gasteiger partial charge in [0, 0.05) is 44.0 Å². The van der Waals surface area contributed by atoms with Crippen LogP contribution in [0, 0.1) is 0 Å². The lowest BCUT2D eigenvalue weighted by atomic mass is 10.2. The highest BCUT2D eigenvalue weighted by molar-refractivity contribution is 14.0. The molecule has 1 aliphatic heterocycles. The van der Waals surface area contributed by atoms with Crippen LogP contribution in [-0.4, -0.2) is 42.5 Å². The Morgan fingerprint density at radius 1 is 1.28 bits per heavy atom. The summed E-state index contributed by atoms with van der Waals surface area (Å²) >= 11 is 6.30. The van der Waals surface area contributed by atoms with E-state index in [0.29, 0.717) is 18.0 Å². The third kappa shape index (κ3) is 7.81. The summed E-state index contributed by atoms with van der Waals surface area (Å²) in [7, 11) is 0. The number of carbonyl (C=O) groups excluding carboxylic acids is 1. The van der Waals surface area contributed by atoms with Crippen LogP contribution in [0.15, 0.2) is 47.6 Å². The molecule has 1 aromatic heterocycles. The molecule has 1 atom stereocenters. The lowest BCUT2D eigenvalue weighted by molar-refractivity contribution is -0.116. The Balaban J connectivity index is 0.00000363. The molecule has 0 saturated carbocycles. The number of nitrogens with one attached hydrogen (secondary N) is 3. The van der Waals surface area contributed by atoms with Crippen molar-refractivity contribution in [2.75, 3.05) is 29.9 Å². The van der Waals surface area contributed by atoms with Crippen LogP contribution in [0.5, 0.6) is 0 Å². The van der Waals surface area contributed by atoms with E-state index in [4.69, 9.17) is 16.6 Å². The van der Waals surface area contributed by atoms with Crippen molar-refractivity contribution >= 4 is 58.9 Å². The van der Waals surface area contributed by atoms with Crippen LogP contribution in [0.3, 0.4) is 0 Å². The van der Waals surface area contributed by atoms with Gasteiger partial charge in [-0.15, -0.1) is 24.0 Å². The monoisotopic (exact) mass is 570 g/mol. The second-order valence-corrected chi connectivity index (χ2v) is 7.99. The first-order chi connectivity index (χ1) is 15.1. The fraction of sp³-hybridized carbons (Fsp3) is 0.435. The molecule has 7 nitrogen and oxygen atoms in total. The van der Waals surface area contributed by atoms with Crippen LogP contribution in [-0.2, 0) is 11.3 Å². The first-order valence-corrected chi connectivity index (χ1v) is 11.3. The number of amides is 1. The Hall–Kier alpha value is -2.07. The molecule has 1 fully saturated rings. The number of guanidine groups is 1. The molecular weight excluding hydrogens is 539 g/mol. The zero-order valence-corrected chi connectivity index (χ0v) is 21.7. The van der Waals surface area contributed by atoms with Gasteiger partial charge in [0.05, 0.1) is 11.6 Å². The number of nitrogens with zero attached hydrogens (tertiary/aromatic N) is 3. The fourth-order valence-electron chi connectivity index (χ4n) is 3.56. The Morgan fingerprint density at radius 2 is 2.12 bits per heavy atom. The van der Waals surface area contributed by atoms with Crippen molar-refractivity contribution in [3.63, 3.8) is 0 Å². The van der Waals surface area contributed by atoms with Gasteiger partial charge in [0.15, 0.2) is 5.96 Å². The molecule has 174 valence electrons. The van der Waals surface area contributed by atoms with E-state index in [9.17, 15) is 4.79 Å². The standard InChI is InChI=1S/C23H31ClN6O.HI/c1-3-7-21(31)28-18-9-5-8-17(14-18)15-27-23(25-4-2)29-19-11-13-30(16-19)22-20(24)10-6-12-26-22;/h5-6,8-10,12,14,19H,3-4,7,11,13,15-16H2,1-2H3,(H,28,31)(H2,25,27,29);1H. The van der Waals surface area contributed by atoms with E-state index in [1.807, 2.05) is 43.3 Å². The van der Waals surface area contributed by atoms with E-state index in [2.05, 4.69) is 32.8 Å². The number of hydrogen-bond acceptors (Lipinski definition) is 4. The minimum absolute atomic E-state index is 0. The average molecular weight is 571 g/mol. The van der Waals surface area contributed by atoms with Crippen molar-refractivity contribution in [3.05, 3.63) is 53.2 Å². The number of carbonyl (C=O) groups is 1. The summed E-state index contributed by atoms with van der Waals surface area (Å²) in [5.41, 5.74) is 1.85. The molecule has 1 unspecified atom stereocenters. The van der Waals surface area contributed by atoms with Gasteiger partial charge in [-0.25, -0.2) is 9.98 Å². The van der Waals surface area contributed by atoms with Gasteiger partial charge in [0.2, 0.25) is 5.91 Å². The lowest BCUT2D eigenvalue weighted by Crippen LogP contribution is -2.44. The Labute approximate surface area is 212 Å². The second kappa shape index (κ2) is 13.5. The number of benzene rings is 1. The van der Waals surface area contributed by atoms with Gasteiger partial charge >= 0.3 is 0 Å². The van der Waals surface area contributed by atoms with Crippen molar-refractivity contribution in [1.82, 2.24) is 15.6 Å². The van der Waals surface area contributed by atoms with Crippen molar-refractivity contribution in [1.29, 1.82) is 0 Å². The number of rotatable bonds is 8. The molecule has 3 rings (SSSR count). The van der Waals surface area contributed by atoms with E-state index in [-0.39, 0.29) is 35.9 Å².